The van der Waals surface area contributed by atoms with Crippen molar-refractivity contribution in [3.05, 3.63) is 0 Å². The normalized spacial score (nSPS) is 8.64. The molecule has 0 aromatic rings. The molecule has 0 bridgehead atoms. The molecule has 11 heavy (non-hydrogen) atoms. The van der Waals surface area contributed by atoms with Crippen molar-refractivity contribution < 1.29 is 0 Å². The summed E-state index contributed by atoms with van der Waals surface area (Å²) in [6.07, 6.45) is 3.62. The molecule has 0 atom stereocenters. The highest BCUT2D eigenvalue weighted by molar-refractivity contribution is 5.40. The van der Waals surface area contributed by atoms with E-state index in [4.69, 9.17) is 0 Å². The molecule has 3 heteroatoms. The summed E-state index contributed by atoms with van der Waals surface area (Å²) in [5, 5.41) is 5.52. The van der Waals surface area contributed by atoms with E-state index >= 15 is 0 Å². The van der Waals surface area contributed by atoms with Crippen LogP contribution in [0.2, 0.25) is 0 Å². The van der Waals surface area contributed by atoms with Crippen molar-refractivity contribution in [1.82, 2.24) is 5.01 Å². The molecule has 0 rings (SSSR count). The molecule has 0 aromatic heterocycles. The van der Waals surface area contributed by atoms with E-state index in [1.54, 1.807) is 5.01 Å². The number of hydrogen-bond acceptors (Lipinski definition) is 3. The number of unbranched alkanes of at least 4 members (excludes halogenated alkanes) is 2. The minimum absolute atomic E-state index is 0.852. The van der Waals surface area contributed by atoms with Crippen molar-refractivity contribution >= 4 is 6.01 Å². The zero-order valence-electron chi connectivity index (χ0n) is 7.67. The van der Waals surface area contributed by atoms with Crippen LogP contribution in [0.3, 0.4) is 0 Å². The topological polar surface area (TPSA) is 28.0 Å². The SMILES string of the molecule is CCCCCN=C=NN(C)C. The molecule has 0 aliphatic rings. The fraction of sp³-hybridized carbons (Fsp3) is 0.875. The molecule has 0 heterocycles. The minimum Gasteiger partial charge on any atom is -0.294 e. The van der Waals surface area contributed by atoms with Crippen molar-refractivity contribution in [3.8, 4) is 0 Å². The van der Waals surface area contributed by atoms with Crippen LogP contribution in [0.25, 0.3) is 0 Å². The maximum atomic E-state index is 3.99. The summed E-state index contributed by atoms with van der Waals surface area (Å²) in [5.74, 6) is 0. The molecular formula is C8H17N3. The third-order valence-corrected chi connectivity index (χ3v) is 1.19. The second-order valence-corrected chi connectivity index (χ2v) is 2.64. The quantitative estimate of drug-likeness (QED) is 0.338. The Kier molecular flexibility index (Phi) is 6.75. The monoisotopic (exact) mass is 155 g/mol. The van der Waals surface area contributed by atoms with Crippen LogP contribution in [-0.4, -0.2) is 31.7 Å². The van der Waals surface area contributed by atoms with Gasteiger partial charge in [0.2, 0.25) is 0 Å². The molecular weight excluding hydrogens is 138 g/mol. The van der Waals surface area contributed by atoms with E-state index in [9.17, 15) is 0 Å². The minimum atomic E-state index is 0.852. The third kappa shape index (κ3) is 9.18. The second kappa shape index (κ2) is 7.29. The van der Waals surface area contributed by atoms with Crippen molar-refractivity contribution in [2.24, 2.45) is 10.1 Å². The van der Waals surface area contributed by atoms with Gasteiger partial charge in [-0.05, 0) is 6.42 Å². The van der Waals surface area contributed by atoms with Gasteiger partial charge in [-0.2, -0.15) is 0 Å². The third-order valence-electron chi connectivity index (χ3n) is 1.19. The van der Waals surface area contributed by atoms with Crippen LogP contribution < -0.4 is 0 Å². The Morgan fingerprint density at radius 1 is 1.27 bits per heavy atom. The predicted molar refractivity (Wildman–Crippen MR) is 47.9 cm³/mol. The van der Waals surface area contributed by atoms with E-state index in [2.05, 4.69) is 23.0 Å². The summed E-state index contributed by atoms with van der Waals surface area (Å²) in [7, 11) is 3.71. The Hall–Kier alpha value is -0.820. The zero-order valence-corrected chi connectivity index (χ0v) is 7.67. The van der Waals surface area contributed by atoms with Gasteiger partial charge in [0.25, 0.3) is 0 Å². The van der Waals surface area contributed by atoms with Crippen LogP contribution in [0.5, 0.6) is 0 Å². The first-order valence-electron chi connectivity index (χ1n) is 4.06. The van der Waals surface area contributed by atoms with E-state index in [0.717, 1.165) is 13.0 Å². The largest absolute Gasteiger partial charge is 0.294 e. The predicted octanol–water partition coefficient (Wildman–Crippen LogP) is 1.83. The fourth-order valence-corrected chi connectivity index (χ4v) is 0.612. The Morgan fingerprint density at radius 3 is 2.55 bits per heavy atom. The summed E-state index contributed by atoms with van der Waals surface area (Å²) < 4.78 is 0. The Bertz CT molecular complexity index is 134. The smallest absolute Gasteiger partial charge is 0.114 e. The van der Waals surface area contributed by atoms with Gasteiger partial charge in [0.15, 0.2) is 0 Å². The van der Waals surface area contributed by atoms with Crippen molar-refractivity contribution in [1.29, 1.82) is 0 Å². The first-order valence-corrected chi connectivity index (χ1v) is 4.06. The number of rotatable bonds is 5. The summed E-state index contributed by atoms with van der Waals surface area (Å²) in [6, 6.07) is 2.62. The van der Waals surface area contributed by atoms with E-state index in [1.165, 1.54) is 12.8 Å². The molecule has 0 unspecified atom stereocenters. The highest BCUT2D eigenvalue weighted by Gasteiger charge is 1.80. The van der Waals surface area contributed by atoms with E-state index in [1.807, 2.05) is 14.1 Å². The van der Waals surface area contributed by atoms with Gasteiger partial charge in [-0.15, -0.1) is 5.10 Å². The van der Waals surface area contributed by atoms with Gasteiger partial charge in [-0.25, -0.2) is 4.99 Å². The molecule has 0 spiro atoms. The van der Waals surface area contributed by atoms with Gasteiger partial charge in [-0.3, -0.25) is 5.01 Å². The lowest BCUT2D eigenvalue weighted by Gasteiger charge is -1.96. The van der Waals surface area contributed by atoms with Crippen molar-refractivity contribution in [2.45, 2.75) is 26.2 Å². The Balaban J connectivity index is 3.29. The first kappa shape index (κ1) is 10.2. The van der Waals surface area contributed by atoms with Crippen LogP contribution >= 0.6 is 0 Å². The molecule has 0 saturated heterocycles. The maximum Gasteiger partial charge on any atom is 0.114 e. The number of hydrogen-bond donors (Lipinski definition) is 0. The summed E-state index contributed by atoms with van der Waals surface area (Å²) in [5.41, 5.74) is 0. The molecule has 0 saturated carbocycles. The van der Waals surface area contributed by atoms with Crippen molar-refractivity contribution in [3.63, 3.8) is 0 Å². The number of aliphatic imine (C=N–C) groups is 1. The second-order valence-electron chi connectivity index (χ2n) is 2.64. The molecule has 0 aliphatic heterocycles. The lowest BCUT2D eigenvalue weighted by atomic mass is 10.3. The van der Waals surface area contributed by atoms with Gasteiger partial charge in [0, 0.05) is 20.6 Å². The molecule has 0 amide bonds. The molecule has 3 nitrogen and oxygen atoms in total. The van der Waals surface area contributed by atoms with E-state index < -0.39 is 0 Å². The maximum absolute atomic E-state index is 3.99. The molecule has 64 valence electrons. The lowest BCUT2D eigenvalue weighted by Crippen LogP contribution is -1.99. The lowest BCUT2D eigenvalue weighted by molar-refractivity contribution is 0.440. The molecule has 0 aliphatic carbocycles. The summed E-state index contributed by atoms with van der Waals surface area (Å²) in [4.78, 5) is 3.99. The number of hydrazone groups is 1. The Labute approximate surface area is 68.8 Å². The molecule has 0 aromatic carbocycles. The van der Waals surface area contributed by atoms with Crippen LogP contribution in [0.15, 0.2) is 10.1 Å². The Morgan fingerprint density at radius 2 is 2.00 bits per heavy atom. The fourth-order valence-electron chi connectivity index (χ4n) is 0.612. The van der Waals surface area contributed by atoms with Crippen molar-refractivity contribution in [2.75, 3.05) is 20.6 Å². The van der Waals surface area contributed by atoms with Gasteiger partial charge >= 0.3 is 0 Å². The van der Waals surface area contributed by atoms with Gasteiger partial charge in [0.1, 0.15) is 6.01 Å². The highest BCUT2D eigenvalue weighted by Crippen LogP contribution is 1.92. The summed E-state index contributed by atoms with van der Waals surface area (Å²) in [6.45, 7) is 3.03. The molecule has 0 fully saturated rings. The van der Waals surface area contributed by atoms with Crippen LogP contribution in [0.1, 0.15) is 26.2 Å². The van der Waals surface area contributed by atoms with Gasteiger partial charge in [-0.1, -0.05) is 19.8 Å². The standard InChI is InChI=1S/C8H17N3/c1-4-5-6-7-9-8-10-11(2)3/h4-7H2,1-3H3. The first-order chi connectivity index (χ1) is 5.27. The van der Waals surface area contributed by atoms with E-state index in [0.29, 0.717) is 0 Å². The summed E-state index contributed by atoms with van der Waals surface area (Å²) >= 11 is 0. The molecule has 0 N–H and O–H groups in total. The van der Waals surface area contributed by atoms with E-state index in [-0.39, 0.29) is 0 Å². The molecule has 0 radical (unpaired) electrons. The van der Waals surface area contributed by atoms with Gasteiger partial charge in [0.05, 0.1) is 0 Å². The number of nitrogens with zero attached hydrogens (tertiary/aromatic N) is 3. The van der Waals surface area contributed by atoms with Crippen LogP contribution in [0, 0.1) is 0 Å². The average molecular weight is 155 g/mol. The zero-order chi connectivity index (χ0) is 8.53. The van der Waals surface area contributed by atoms with Gasteiger partial charge < -0.3 is 0 Å². The average Bonchev–Trinajstić information content (AvgIpc) is 1.96. The van der Waals surface area contributed by atoms with Crippen LogP contribution in [0.4, 0.5) is 0 Å². The highest BCUT2D eigenvalue weighted by atomic mass is 15.4. The van der Waals surface area contributed by atoms with Crippen LogP contribution in [-0.2, 0) is 0 Å².